The molecular formula is C20H24FNO2. The average Bonchev–Trinajstić information content (AvgIpc) is 2.56. The molecule has 0 saturated heterocycles. The van der Waals surface area contributed by atoms with Crippen LogP contribution in [0.4, 0.5) is 4.39 Å². The van der Waals surface area contributed by atoms with Crippen LogP contribution < -0.4 is 5.32 Å². The maximum Gasteiger partial charge on any atom is 0.227 e. The number of hydrogen-bond donors (Lipinski definition) is 2. The predicted molar refractivity (Wildman–Crippen MR) is 93.1 cm³/mol. The Hall–Kier alpha value is -2.20. The Balaban J connectivity index is 1.94. The highest BCUT2D eigenvalue weighted by Gasteiger charge is 2.21. The monoisotopic (exact) mass is 329 g/mol. The summed E-state index contributed by atoms with van der Waals surface area (Å²) in [5, 5.41) is 13.2. The molecule has 128 valence electrons. The van der Waals surface area contributed by atoms with Gasteiger partial charge in [0.2, 0.25) is 5.91 Å². The van der Waals surface area contributed by atoms with Crippen LogP contribution in [0.1, 0.15) is 49.8 Å². The van der Waals surface area contributed by atoms with Gasteiger partial charge in [-0.2, -0.15) is 0 Å². The van der Waals surface area contributed by atoms with E-state index >= 15 is 0 Å². The molecule has 2 N–H and O–H groups in total. The number of aliphatic hydroxyl groups is 1. The Morgan fingerprint density at radius 3 is 2.29 bits per heavy atom. The highest BCUT2D eigenvalue weighted by molar-refractivity contribution is 5.83. The summed E-state index contributed by atoms with van der Waals surface area (Å²) < 4.78 is 12.9. The van der Waals surface area contributed by atoms with Crippen LogP contribution in [0.15, 0.2) is 54.6 Å². The Morgan fingerprint density at radius 1 is 1.08 bits per heavy atom. The minimum absolute atomic E-state index is 0.0393. The summed E-state index contributed by atoms with van der Waals surface area (Å²) in [4.78, 5) is 12.5. The smallest absolute Gasteiger partial charge is 0.227 e. The molecule has 3 atom stereocenters. The molecule has 2 rings (SSSR count). The lowest BCUT2D eigenvalue weighted by Crippen LogP contribution is -2.37. The number of carbonyl (C=O) groups excluding carboxylic acids is 1. The summed E-state index contributed by atoms with van der Waals surface area (Å²) >= 11 is 0. The zero-order valence-corrected chi connectivity index (χ0v) is 14.1. The Labute approximate surface area is 142 Å². The molecule has 1 amide bonds. The number of rotatable bonds is 7. The first-order chi connectivity index (χ1) is 11.5. The molecule has 0 aliphatic rings. The number of amides is 1. The van der Waals surface area contributed by atoms with E-state index in [9.17, 15) is 14.3 Å². The summed E-state index contributed by atoms with van der Waals surface area (Å²) in [6, 6.07) is 15.3. The van der Waals surface area contributed by atoms with Gasteiger partial charge in [0.1, 0.15) is 5.82 Å². The molecule has 0 radical (unpaired) electrons. The molecule has 3 unspecified atom stereocenters. The Morgan fingerprint density at radius 2 is 1.71 bits per heavy atom. The van der Waals surface area contributed by atoms with Crippen molar-refractivity contribution in [3.05, 3.63) is 71.5 Å². The molecule has 3 nitrogen and oxygen atoms in total. The summed E-state index contributed by atoms with van der Waals surface area (Å²) in [6.07, 6.45) is 0.351. The molecule has 0 bridgehead atoms. The number of benzene rings is 2. The van der Waals surface area contributed by atoms with Crippen molar-refractivity contribution in [2.24, 2.45) is 0 Å². The van der Waals surface area contributed by atoms with Crippen LogP contribution in [0.2, 0.25) is 0 Å². The van der Waals surface area contributed by atoms with Gasteiger partial charge in [0, 0.05) is 6.04 Å². The van der Waals surface area contributed by atoms with Gasteiger partial charge in [-0.15, -0.1) is 0 Å². The second-order valence-corrected chi connectivity index (χ2v) is 6.08. The van der Waals surface area contributed by atoms with E-state index in [4.69, 9.17) is 0 Å². The topological polar surface area (TPSA) is 49.3 Å². The molecule has 2 aromatic rings. The third kappa shape index (κ3) is 4.90. The Kier molecular flexibility index (Phi) is 6.50. The fourth-order valence-corrected chi connectivity index (χ4v) is 2.82. The largest absolute Gasteiger partial charge is 0.388 e. The van der Waals surface area contributed by atoms with Crippen LogP contribution in [-0.4, -0.2) is 17.1 Å². The van der Waals surface area contributed by atoms with E-state index in [1.165, 1.54) is 12.1 Å². The fourth-order valence-electron chi connectivity index (χ4n) is 2.82. The van der Waals surface area contributed by atoms with Crippen molar-refractivity contribution in [3.8, 4) is 0 Å². The third-order valence-electron chi connectivity index (χ3n) is 4.15. The standard InChI is InChI=1S/C20H24FNO2/c1-3-18(15-7-5-4-6-8-15)20(24)22-14(2)13-19(23)16-9-11-17(21)12-10-16/h4-12,14,18-19,23H,3,13H2,1-2H3,(H,22,24). The van der Waals surface area contributed by atoms with Crippen LogP contribution in [-0.2, 0) is 4.79 Å². The molecule has 24 heavy (non-hydrogen) atoms. The van der Waals surface area contributed by atoms with E-state index in [0.717, 1.165) is 5.56 Å². The van der Waals surface area contributed by atoms with Crippen molar-refractivity contribution >= 4 is 5.91 Å². The number of aliphatic hydroxyl groups excluding tert-OH is 1. The summed E-state index contributed by atoms with van der Waals surface area (Å²) in [5.41, 5.74) is 1.64. The van der Waals surface area contributed by atoms with E-state index in [2.05, 4.69) is 5.32 Å². The molecular weight excluding hydrogens is 305 g/mol. The molecule has 0 aromatic heterocycles. The normalized spacial score (nSPS) is 14.7. The Bertz CT molecular complexity index is 642. The average molecular weight is 329 g/mol. The molecule has 0 heterocycles. The molecule has 0 fully saturated rings. The first-order valence-electron chi connectivity index (χ1n) is 8.30. The minimum Gasteiger partial charge on any atom is -0.388 e. The van der Waals surface area contributed by atoms with Crippen molar-refractivity contribution in [1.82, 2.24) is 5.32 Å². The lowest BCUT2D eigenvalue weighted by Gasteiger charge is -2.22. The third-order valence-corrected chi connectivity index (χ3v) is 4.15. The van der Waals surface area contributed by atoms with Crippen molar-refractivity contribution in [2.75, 3.05) is 0 Å². The number of halogens is 1. The van der Waals surface area contributed by atoms with Crippen LogP contribution in [0.3, 0.4) is 0 Å². The van der Waals surface area contributed by atoms with E-state index in [1.807, 2.05) is 44.2 Å². The number of nitrogens with one attached hydrogen (secondary N) is 1. The van der Waals surface area contributed by atoms with Crippen molar-refractivity contribution < 1.29 is 14.3 Å². The molecule has 0 aliphatic heterocycles. The van der Waals surface area contributed by atoms with Gasteiger partial charge in [-0.25, -0.2) is 4.39 Å². The molecule has 0 aliphatic carbocycles. The maximum atomic E-state index is 12.9. The summed E-state index contributed by atoms with van der Waals surface area (Å²) in [5.74, 6) is -0.569. The second-order valence-electron chi connectivity index (χ2n) is 6.08. The summed E-state index contributed by atoms with van der Waals surface area (Å²) in [6.45, 7) is 3.84. The van der Waals surface area contributed by atoms with E-state index in [-0.39, 0.29) is 23.7 Å². The van der Waals surface area contributed by atoms with Crippen molar-refractivity contribution in [2.45, 2.75) is 44.8 Å². The molecule has 0 saturated carbocycles. The minimum atomic E-state index is -0.738. The van der Waals surface area contributed by atoms with Gasteiger partial charge < -0.3 is 10.4 Å². The number of hydrogen-bond acceptors (Lipinski definition) is 2. The highest BCUT2D eigenvalue weighted by Crippen LogP contribution is 2.22. The predicted octanol–water partition coefficient (Wildman–Crippen LogP) is 3.95. The first-order valence-corrected chi connectivity index (χ1v) is 8.30. The van der Waals surface area contributed by atoms with Crippen LogP contribution in [0.5, 0.6) is 0 Å². The van der Waals surface area contributed by atoms with Gasteiger partial charge in [0.25, 0.3) is 0 Å². The SMILES string of the molecule is CCC(C(=O)NC(C)CC(O)c1ccc(F)cc1)c1ccccc1. The summed E-state index contributed by atoms with van der Waals surface area (Å²) in [7, 11) is 0. The fraction of sp³-hybridized carbons (Fsp3) is 0.350. The van der Waals surface area contributed by atoms with Crippen molar-refractivity contribution in [1.29, 1.82) is 0 Å². The van der Waals surface area contributed by atoms with Gasteiger partial charge in [-0.3, -0.25) is 4.79 Å². The van der Waals surface area contributed by atoms with Crippen LogP contribution in [0.25, 0.3) is 0 Å². The van der Waals surface area contributed by atoms with Gasteiger partial charge in [-0.1, -0.05) is 49.4 Å². The molecule has 0 spiro atoms. The van der Waals surface area contributed by atoms with Gasteiger partial charge >= 0.3 is 0 Å². The number of carbonyl (C=O) groups is 1. The van der Waals surface area contributed by atoms with E-state index in [1.54, 1.807) is 12.1 Å². The van der Waals surface area contributed by atoms with Crippen molar-refractivity contribution in [3.63, 3.8) is 0 Å². The van der Waals surface area contributed by atoms with E-state index in [0.29, 0.717) is 18.4 Å². The maximum absolute atomic E-state index is 12.9. The molecule has 4 heteroatoms. The van der Waals surface area contributed by atoms with Gasteiger partial charge in [0.15, 0.2) is 0 Å². The van der Waals surface area contributed by atoms with Crippen LogP contribution in [0, 0.1) is 5.82 Å². The lowest BCUT2D eigenvalue weighted by atomic mass is 9.95. The lowest BCUT2D eigenvalue weighted by molar-refractivity contribution is -0.123. The highest BCUT2D eigenvalue weighted by atomic mass is 19.1. The van der Waals surface area contributed by atoms with Gasteiger partial charge in [-0.05, 0) is 43.0 Å². The van der Waals surface area contributed by atoms with Crippen LogP contribution >= 0.6 is 0 Å². The van der Waals surface area contributed by atoms with E-state index < -0.39 is 6.10 Å². The second kappa shape index (κ2) is 8.60. The first kappa shape index (κ1) is 18.1. The zero-order valence-electron chi connectivity index (χ0n) is 14.1. The quantitative estimate of drug-likeness (QED) is 0.808. The molecule has 2 aromatic carbocycles. The zero-order chi connectivity index (χ0) is 17.5. The van der Waals surface area contributed by atoms with Gasteiger partial charge in [0.05, 0.1) is 12.0 Å².